The second-order valence-corrected chi connectivity index (χ2v) is 5.34. The molecule has 1 aliphatic rings. The van der Waals surface area contributed by atoms with Crippen LogP contribution in [0.15, 0.2) is 24.4 Å². The number of piperazine rings is 1. The molecule has 2 aromatic rings. The molecular formula is C15H21N3O. The molecule has 1 atom stereocenters. The predicted octanol–water partition coefficient (Wildman–Crippen LogP) is 1.62. The molecule has 0 saturated carbocycles. The molecule has 0 radical (unpaired) electrons. The van der Waals surface area contributed by atoms with Gasteiger partial charge in [-0.3, -0.25) is 0 Å². The average molecular weight is 259 g/mol. The minimum atomic E-state index is 0.531. The van der Waals surface area contributed by atoms with E-state index in [1.54, 1.807) is 7.11 Å². The van der Waals surface area contributed by atoms with Gasteiger partial charge in [0.1, 0.15) is 5.75 Å². The zero-order valence-electron chi connectivity index (χ0n) is 11.6. The van der Waals surface area contributed by atoms with Crippen LogP contribution in [0.3, 0.4) is 0 Å². The zero-order valence-corrected chi connectivity index (χ0v) is 11.6. The van der Waals surface area contributed by atoms with Crippen molar-refractivity contribution >= 4 is 10.9 Å². The Bertz CT molecular complexity index is 564. The van der Waals surface area contributed by atoms with Gasteiger partial charge >= 0.3 is 0 Å². The SMILES string of the molecule is COc1ccc2[nH]cc(CC3CN(C)CCN3)c2c1. The minimum absolute atomic E-state index is 0.531. The van der Waals surface area contributed by atoms with Gasteiger partial charge in [-0.25, -0.2) is 0 Å². The second kappa shape index (κ2) is 5.23. The van der Waals surface area contributed by atoms with Crippen LogP contribution in [0.1, 0.15) is 5.56 Å². The maximum Gasteiger partial charge on any atom is 0.119 e. The number of methoxy groups -OCH3 is 1. The first-order valence-electron chi connectivity index (χ1n) is 6.82. The van der Waals surface area contributed by atoms with Crippen molar-refractivity contribution in [1.82, 2.24) is 15.2 Å². The van der Waals surface area contributed by atoms with E-state index in [1.807, 2.05) is 6.07 Å². The van der Waals surface area contributed by atoms with E-state index in [0.29, 0.717) is 6.04 Å². The molecule has 0 spiro atoms. The molecule has 19 heavy (non-hydrogen) atoms. The highest BCUT2D eigenvalue weighted by molar-refractivity contribution is 5.84. The van der Waals surface area contributed by atoms with Crippen molar-refractivity contribution in [1.29, 1.82) is 0 Å². The molecule has 102 valence electrons. The summed E-state index contributed by atoms with van der Waals surface area (Å²) in [6, 6.07) is 6.73. The number of rotatable bonds is 3. The van der Waals surface area contributed by atoms with Crippen molar-refractivity contribution in [2.45, 2.75) is 12.5 Å². The third-order valence-electron chi connectivity index (χ3n) is 3.90. The Morgan fingerprint density at radius 2 is 2.32 bits per heavy atom. The van der Waals surface area contributed by atoms with Crippen molar-refractivity contribution in [2.24, 2.45) is 0 Å². The normalized spacial score (nSPS) is 20.8. The second-order valence-electron chi connectivity index (χ2n) is 5.34. The lowest BCUT2D eigenvalue weighted by molar-refractivity contribution is 0.238. The average Bonchev–Trinajstić information content (AvgIpc) is 2.81. The quantitative estimate of drug-likeness (QED) is 0.880. The summed E-state index contributed by atoms with van der Waals surface area (Å²) >= 11 is 0. The number of H-pyrrole nitrogens is 1. The first-order valence-corrected chi connectivity index (χ1v) is 6.82. The molecule has 1 aliphatic heterocycles. The van der Waals surface area contributed by atoms with Crippen LogP contribution in [0.2, 0.25) is 0 Å². The number of benzene rings is 1. The molecule has 0 aliphatic carbocycles. The molecule has 4 heteroatoms. The van der Waals surface area contributed by atoms with E-state index in [9.17, 15) is 0 Å². The van der Waals surface area contributed by atoms with Crippen LogP contribution in [0, 0.1) is 0 Å². The number of ether oxygens (including phenoxy) is 1. The van der Waals surface area contributed by atoms with Gasteiger partial charge < -0.3 is 19.9 Å². The van der Waals surface area contributed by atoms with E-state index in [4.69, 9.17) is 4.74 Å². The Morgan fingerprint density at radius 1 is 1.42 bits per heavy atom. The third-order valence-corrected chi connectivity index (χ3v) is 3.90. The van der Waals surface area contributed by atoms with Gasteiger partial charge in [-0.05, 0) is 37.2 Å². The fourth-order valence-electron chi connectivity index (χ4n) is 2.85. The molecule has 2 heterocycles. The third kappa shape index (κ3) is 2.60. The van der Waals surface area contributed by atoms with Gasteiger partial charge in [-0.15, -0.1) is 0 Å². The molecule has 1 aromatic heterocycles. The summed E-state index contributed by atoms with van der Waals surface area (Å²) in [4.78, 5) is 5.73. The number of hydrogen-bond acceptors (Lipinski definition) is 3. The lowest BCUT2D eigenvalue weighted by atomic mass is 10.0. The first kappa shape index (κ1) is 12.5. The van der Waals surface area contributed by atoms with E-state index in [1.165, 1.54) is 16.5 Å². The van der Waals surface area contributed by atoms with Gasteiger partial charge in [0.05, 0.1) is 7.11 Å². The lowest BCUT2D eigenvalue weighted by Crippen LogP contribution is -2.49. The van der Waals surface area contributed by atoms with Crippen LogP contribution in [0.5, 0.6) is 5.75 Å². The Hall–Kier alpha value is -1.52. The fourth-order valence-corrected chi connectivity index (χ4v) is 2.85. The van der Waals surface area contributed by atoms with Crippen molar-refractivity contribution in [3.8, 4) is 5.75 Å². The molecule has 3 rings (SSSR count). The first-order chi connectivity index (χ1) is 9.26. The Balaban J connectivity index is 1.83. The summed E-state index contributed by atoms with van der Waals surface area (Å²) in [5.74, 6) is 0.919. The summed E-state index contributed by atoms with van der Waals surface area (Å²) in [6.45, 7) is 3.32. The Morgan fingerprint density at radius 3 is 3.11 bits per heavy atom. The van der Waals surface area contributed by atoms with Crippen molar-refractivity contribution in [2.75, 3.05) is 33.8 Å². The Labute approximate surface area is 113 Å². The standard InChI is InChI=1S/C15H21N3O/c1-18-6-5-16-12(10-18)7-11-9-17-15-4-3-13(19-2)8-14(11)15/h3-4,8-9,12,16-17H,5-7,10H2,1-2H3. The number of aromatic nitrogens is 1. The van der Waals surface area contributed by atoms with Crippen LogP contribution in [0.4, 0.5) is 0 Å². The molecule has 0 amide bonds. The van der Waals surface area contributed by atoms with Gasteiger partial charge in [0.15, 0.2) is 0 Å². The van der Waals surface area contributed by atoms with Crippen LogP contribution in [-0.2, 0) is 6.42 Å². The van der Waals surface area contributed by atoms with E-state index < -0.39 is 0 Å². The van der Waals surface area contributed by atoms with Crippen LogP contribution < -0.4 is 10.1 Å². The molecule has 1 unspecified atom stereocenters. The highest BCUT2D eigenvalue weighted by Gasteiger charge is 2.18. The van der Waals surface area contributed by atoms with Crippen LogP contribution in [0.25, 0.3) is 10.9 Å². The fraction of sp³-hybridized carbons (Fsp3) is 0.467. The summed E-state index contributed by atoms with van der Waals surface area (Å²) in [5, 5.41) is 4.87. The Kier molecular flexibility index (Phi) is 3.44. The van der Waals surface area contributed by atoms with Gasteiger partial charge in [0.25, 0.3) is 0 Å². The topological polar surface area (TPSA) is 40.3 Å². The van der Waals surface area contributed by atoms with Crippen molar-refractivity contribution in [3.05, 3.63) is 30.0 Å². The molecule has 1 aromatic carbocycles. The van der Waals surface area contributed by atoms with E-state index in [-0.39, 0.29) is 0 Å². The number of nitrogens with one attached hydrogen (secondary N) is 2. The van der Waals surface area contributed by atoms with E-state index >= 15 is 0 Å². The van der Waals surface area contributed by atoms with Gasteiger partial charge in [0, 0.05) is 42.8 Å². The molecule has 1 fully saturated rings. The van der Waals surface area contributed by atoms with E-state index in [2.05, 4.69) is 40.6 Å². The maximum atomic E-state index is 5.32. The monoisotopic (exact) mass is 259 g/mol. The number of hydrogen-bond donors (Lipinski definition) is 2. The van der Waals surface area contributed by atoms with E-state index in [0.717, 1.165) is 31.8 Å². The van der Waals surface area contributed by atoms with Crippen LogP contribution >= 0.6 is 0 Å². The summed E-state index contributed by atoms with van der Waals surface area (Å²) in [7, 11) is 3.90. The van der Waals surface area contributed by atoms with Gasteiger partial charge in [-0.1, -0.05) is 0 Å². The van der Waals surface area contributed by atoms with Gasteiger partial charge in [0.2, 0.25) is 0 Å². The molecule has 2 N–H and O–H groups in total. The summed E-state index contributed by atoms with van der Waals surface area (Å²) in [5.41, 5.74) is 2.54. The molecule has 1 saturated heterocycles. The molecule has 0 bridgehead atoms. The van der Waals surface area contributed by atoms with Crippen LogP contribution in [-0.4, -0.2) is 49.7 Å². The van der Waals surface area contributed by atoms with Crippen molar-refractivity contribution < 1.29 is 4.74 Å². The highest BCUT2D eigenvalue weighted by Crippen LogP contribution is 2.24. The number of nitrogens with zero attached hydrogens (tertiary/aromatic N) is 1. The largest absolute Gasteiger partial charge is 0.497 e. The maximum absolute atomic E-state index is 5.32. The summed E-state index contributed by atoms with van der Waals surface area (Å²) < 4.78 is 5.32. The predicted molar refractivity (Wildman–Crippen MR) is 77.8 cm³/mol. The van der Waals surface area contributed by atoms with Gasteiger partial charge in [-0.2, -0.15) is 0 Å². The smallest absolute Gasteiger partial charge is 0.119 e. The number of fused-ring (bicyclic) bond motifs is 1. The summed E-state index contributed by atoms with van der Waals surface area (Å²) in [6.07, 6.45) is 3.18. The minimum Gasteiger partial charge on any atom is -0.497 e. The highest BCUT2D eigenvalue weighted by atomic mass is 16.5. The zero-order chi connectivity index (χ0) is 13.2. The molecule has 4 nitrogen and oxygen atoms in total. The lowest BCUT2D eigenvalue weighted by Gasteiger charge is -2.30. The number of aromatic amines is 1. The van der Waals surface area contributed by atoms with Crippen molar-refractivity contribution in [3.63, 3.8) is 0 Å². The number of likely N-dealkylation sites (N-methyl/N-ethyl adjacent to an activating group) is 1. The molecular weight excluding hydrogens is 238 g/mol.